The molecule has 2 aromatic rings. The van der Waals surface area contributed by atoms with E-state index in [1.165, 1.54) is 24.5 Å². The summed E-state index contributed by atoms with van der Waals surface area (Å²) in [6.45, 7) is 0.323. The van der Waals surface area contributed by atoms with E-state index in [9.17, 15) is 18.8 Å². The smallest absolute Gasteiger partial charge is 0.333 e. The van der Waals surface area contributed by atoms with Gasteiger partial charge >= 0.3 is 6.03 Å². The first-order valence-corrected chi connectivity index (χ1v) is 6.97. The van der Waals surface area contributed by atoms with Crippen molar-refractivity contribution in [2.24, 2.45) is 0 Å². The maximum Gasteiger partial charge on any atom is 0.333 e. The number of nitrogens with one attached hydrogen (secondary N) is 4. The minimum Gasteiger partial charge on any atom is -0.459 e. The molecule has 1 heterocycles. The van der Waals surface area contributed by atoms with Crippen LogP contribution in [0.15, 0.2) is 47.1 Å². The largest absolute Gasteiger partial charge is 0.459 e. The third-order valence-corrected chi connectivity index (χ3v) is 2.84. The van der Waals surface area contributed by atoms with Crippen LogP contribution >= 0.6 is 0 Å². The minimum absolute atomic E-state index is 0.144. The first kappa shape index (κ1) is 17.0. The number of benzene rings is 1. The molecule has 0 saturated heterocycles. The molecule has 2 rings (SSSR count). The Labute approximate surface area is 136 Å². The van der Waals surface area contributed by atoms with Gasteiger partial charge in [-0.25, -0.2) is 14.6 Å². The maximum atomic E-state index is 12.7. The highest BCUT2D eigenvalue weighted by molar-refractivity contribution is 5.95. The molecule has 126 valence electrons. The van der Waals surface area contributed by atoms with Gasteiger partial charge in [-0.1, -0.05) is 0 Å². The van der Waals surface area contributed by atoms with Crippen molar-refractivity contribution in [1.29, 1.82) is 0 Å². The summed E-state index contributed by atoms with van der Waals surface area (Å²) in [7, 11) is 0. The molecule has 24 heavy (non-hydrogen) atoms. The van der Waals surface area contributed by atoms with E-state index in [4.69, 9.17) is 4.42 Å². The van der Waals surface area contributed by atoms with Crippen LogP contribution in [0.5, 0.6) is 0 Å². The molecular formula is C15H15FN4O4. The summed E-state index contributed by atoms with van der Waals surface area (Å²) < 4.78 is 17.6. The van der Waals surface area contributed by atoms with Gasteiger partial charge < -0.3 is 15.1 Å². The zero-order chi connectivity index (χ0) is 17.4. The molecule has 0 unspecified atom stereocenters. The number of hydrazine groups is 1. The Balaban J connectivity index is 1.62. The summed E-state index contributed by atoms with van der Waals surface area (Å²) in [5, 5.41) is 4.97. The highest BCUT2D eigenvalue weighted by Gasteiger charge is 2.08. The number of carbonyl (C=O) groups is 3. The second-order valence-corrected chi connectivity index (χ2v) is 4.58. The summed E-state index contributed by atoms with van der Waals surface area (Å²) in [6.07, 6.45) is 1.38. The van der Waals surface area contributed by atoms with E-state index in [-0.39, 0.29) is 24.4 Å². The molecule has 1 aromatic carbocycles. The molecular weight excluding hydrogens is 319 g/mol. The second kappa shape index (κ2) is 8.32. The third kappa shape index (κ3) is 5.13. The average molecular weight is 334 g/mol. The average Bonchev–Trinajstić information content (AvgIpc) is 3.11. The Morgan fingerprint density at radius 2 is 1.62 bits per heavy atom. The van der Waals surface area contributed by atoms with Crippen LogP contribution in [-0.4, -0.2) is 30.9 Å². The maximum absolute atomic E-state index is 12.7. The lowest BCUT2D eigenvalue weighted by molar-refractivity contribution is 0.0924. The van der Waals surface area contributed by atoms with Crippen molar-refractivity contribution in [2.75, 3.05) is 13.1 Å². The standard InChI is InChI=1S/C15H15FN4O4/c16-11-5-3-10(4-6-11)13(21)19-20-15(23)18-8-7-17-14(22)12-2-1-9-24-12/h1-6,9H,7-8H2,(H,17,22)(H,19,21)(H2,18,20,23). The van der Waals surface area contributed by atoms with Crippen molar-refractivity contribution in [3.63, 3.8) is 0 Å². The number of amides is 4. The molecule has 0 spiro atoms. The van der Waals surface area contributed by atoms with Gasteiger partial charge in [0.05, 0.1) is 6.26 Å². The molecule has 0 aliphatic heterocycles. The van der Waals surface area contributed by atoms with Gasteiger partial charge in [0.1, 0.15) is 5.82 Å². The highest BCUT2D eigenvalue weighted by Crippen LogP contribution is 2.01. The van der Waals surface area contributed by atoms with E-state index in [1.54, 1.807) is 6.07 Å². The highest BCUT2D eigenvalue weighted by atomic mass is 19.1. The van der Waals surface area contributed by atoms with Gasteiger partial charge in [-0.3, -0.25) is 15.0 Å². The molecule has 0 aliphatic rings. The molecule has 0 radical (unpaired) electrons. The zero-order valence-corrected chi connectivity index (χ0v) is 12.5. The molecule has 0 fully saturated rings. The monoisotopic (exact) mass is 334 g/mol. The molecule has 4 N–H and O–H groups in total. The van der Waals surface area contributed by atoms with E-state index < -0.39 is 23.7 Å². The summed E-state index contributed by atoms with van der Waals surface area (Å²) >= 11 is 0. The number of urea groups is 1. The number of furan rings is 1. The van der Waals surface area contributed by atoms with Gasteiger partial charge in [-0.05, 0) is 36.4 Å². The van der Waals surface area contributed by atoms with Crippen LogP contribution < -0.4 is 21.5 Å². The van der Waals surface area contributed by atoms with Gasteiger partial charge in [-0.15, -0.1) is 0 Å². The van der Waals surface area contributed by atoms with E-state index in [1.807, 2.05) is 0 Å². The quantitative estimate of drug-likeness (QED) is 0.478. The van der Waals surface area contributed by atoms with Gasteiger partial charge in [0.25, 0.3) is 11.8 Å². The van der Waals surface area contributed by atoms with Crippen molar-refractivity contribution in [3.05, 3.63) is 59.8 Å². The third-order valence-electron chi connectivity index (χ3n) is 2.84. The molecule has 1 aromatic heterocycles. The van der Waals surface area contributed by atoms with Crippen LogP contribution in [0.4, 0.5) is 9.18 Å². The molecule has 0 saturated carbocycles. The molecule has 0 atom stereocenters. The van der Waals surface area contributed by atoms with Crippen molar-refractivity contribution in [3.8, 4) is 0 Å². The molecule has 0 bridgehead atoms. The van der Waals surface area contributed by atoms with Crippen LogP contribution in [0.1, 0.15) is 20.9 Å². The van der Waals surface area contributed by atoms with Crippen molar-refractivity contribution >= 4 is 17.8 Å². The Kier molecular flexibility index (Phi) is 5.89. The number of hydrogen-bond acceptors (Lipinski definition) is 4. The summed E-state index contributed by atoms with van der Waals surface area (Å²) in [5.74, 6) is -1.28. The van der Waals surface area contributed by atoms with E-state index in [2.05, 4.69) is 21.5 Å². The van der Waals surface area contributed by atoms with Crippen molar-refractivity contribution < 1.29 is 23.2 Å². The van der Waals surface area contributed by atoms with Crippen LogP contribution in [-0.2, 0) is 0 Å². The predicted molar refractivity (Wildman–Crippen MR) is 81.4 cm³/mol. The molecule has 4 amide bonds. The number of halogens is 1. The lowest BCUT2D eigenvalue weighted by atomic mass is 10.2. The Bertz CT molecular complexity index is 701. The first-order chi connectivity index (χ1) is 11.6. The number of rotatable bonds is 5. The Morgan fingerprint density at radius 3 is 2.29 bits per heavy atom. The Hall–Kier alpha value is -3.36. The SMILES string of the molecule is O=C(NCCNC(=O)c1ccco1)NNC(=O)c1ccc(F)cc1. The van der Waals surface area contributed by atoms with Gasteiger partial charge in [0.2, 0.25) is 0 Å². The minimum atomic E-state index is -0.655. The lowest BCUT2D eigenvalue weighted by Crippen LogP contribution is -2.48. The number of hydrogen-bond donors (Lipinski definition) is 4. The predicted octanol–water partition coefficient (Wildman–Crippen LogP) is 0.793. The topological polar surface area (TPSA) is 112 Å². The summed E-state index contributed by atoms with van der Waals surface area (Å²) in [5.41, 5.74) is 4.50. The second-order valence-electron chi connectivity index (χ2n) is 4.58. The normalized spacial score (nSPS) is 9.88. The fourth-order valence-electron chi connectivity index (χ4n) is 1.68. The number of carbonyl (C=O) groups excluding carboxylic acids is 3. The van der Waals surface area contributed by atoms with E-state index in [0.29, 0.717) is 0 Å². The van der Waals surface area contributed by atoms with Crippen LogP contribution in [0.25, 0.3) is 0 Å². The summed E-state index contributed by atoms with van der Waals surface area (Å²) in [4.78, 5) is 34.7. The molecule has 0 aliphatic carbocycles. The first-order valence-electron chi connectivity index (χ1n) is 6.97. The zero-order valence-electron chi connectivity index (χ0n) is 12.5. The molecule has 9 heteroatoms. The summed E-state index contributed by atoms with van der Waals surface area (Å²) in [6, 6.07) is 7.29. The fraction of sp³-hybridized carbons (Fsp3) is 0.133. The van der Waals surface area contributed by atoms with Gasteiger partial charge in [-0.2, -0.15) is 0 Å². The van der Waals surface area contributed by atoms with Gasteiger partial charge in [0.15, 0.2) is 5.76 Å². The van der Waals surface area contributed by atoms with E-state index >= 15 is 0 Å². The molecule has 8 nitrogen and oxygen atoms in total. The van der Waals surface area contributed by atoms with Crippen molar-refractivity contribution in [1.82, 2.24) is 21.5 Å². The fourth-order valence-corrected chi connectivity index (χ4v) is 1.68. The van der Waals surface area contributed by atoms with Crippen LogP contribution in [0, 0.1) is 5.82 Å². The van der Waals surface area contributed by atoms with Crippen molar-refractivity contribution in [2.45, 2.75) is 0 Å². The lowest BCUT2D eigenvalue weighted by Gasteiger charge is -2.09. The van der Waals surface area contributed by atoms with Gasteiger partial charge in [0, 0.05) is 18.7 Å². The Morgan fingerprint density at radius 1 is 0.917 bits per heavy atom. The van der Waals surface area contributed by atoms with Crippen LogP contribution in [0.3, 0.4) is 0 Å². The van der Waals surface area contributed by atoms with Crippen LogP contribution in [0.2, 0.25) is 0 Å². The van der Waals surface area contributed by atoms with E-state index in [0.717, 1.165) is 12.1 Å².